The van der Waals surface area contributed by atoms with Crippen LogP contribution in [-0.4, -0.2) is 31.7 Å². The van der Waals surface area contributed by atoms with Gasteiger partial charge in [0, 0.05) is 25.6 Å². The predicted molar refractivity (Wildman–Crippen MR) is 59.4 cm³/mol. The second kappa shape index (κ2) is 6.80. The van der Waals surface area contributed by atoms with Crippen LogP contribution in [0.1, 0.15) is 32.6 Å². The number of nitrogens with two attached hydrogens (primary N) is 1. The minimum absolute atomic E-state index is 0.0716. The summed E-state index contributed by atoms with van der Waals surface area (Å²) in [5.41, 5.74) is 5.55. The fraction of sp³-hybridized carbons (Fsp3) is 0.909. The van der Waals surface area contributed by atoms with Crippen LogP contribution in [0.4, 0.5) is 0 Å². The maximum atomic E-state index is 11.2. The first-order chi connectivity index (χ1) is 7.18. The molecule has 0 aliphatic heterocycles. The van der Waals surface area contributed by atoms with Crippen molar-refractivity contribution in [2.24, 2.45) is 11.7 Å². The molecular formula is C11H22N2O2. The van der Waals surface area contributed by atoms with Crippen molar-refractivity contribution in [3.8, 4) is 0 Å². The molecule has 0 radical (unpaired) electrons. The Hall–Kier alpha value is -0.610. The molecule has 0 aromatic heterocycles. The summed E-state index contributed by atoms with van der Waals surface area (Å²) < 4.78 is 5.39. The van der Waals surface area contributed by atoms with Crippen molar-refractivity contribution in [2.45, 2.75) is 38.6 Å². The van der Waals surface area contributed by atoms with Crippen LogP contribution in [0.25, 0.3) is 0 Å². The van der Waals surface area contributed by atoms with E-state index in [1.165, 1.54) is 12.8 Å². The highest BCUT2D eigenvalue weighted by Crippen LogP contribution is 2.28. The molecule has 1 saturated carbocycles. The zero-order valence-corrected chi connectivity index (χ0v) is 9.50. The van der Waals surface area contributed by atoms with E-state index in [-0.39, 0.29) is 11.9 Å². The maximum Gasteiger partial charge on any atom is 0.220 e. The molecule has 0 spiro atoms. The smallest absolute Gasteiger partial charge is 0.220 e. The molecule has 3 N–H and O–H groups in total. The first-order valence-corrected chi connectivity index (χ1v) is 5.78. The summed E-state index contributed by atoms with van der Waals surface area (Å²) >= 11 is 0. The van der Waals surface area contributed by atoms with Gasteiger partial charge >= 0.3 is 0 Å². The molecule has 0 aromatic rings. The van der Waals surface area contributed by atoms with Gasteiger partial charge in [0.15, 0.2) is 0 Å². The molecule has 1 aliphatic carbocycles. The van der Waals surface area contributed by atoms with Crippen LogP contribution < -0.4 is 11.1 Å². The van der Waals surface area contributed by atoms with E-state index in [1.807, 2.05) is 6.92 Å². The van der Waals surface area contributed by atoms with E-state index in [2.05, 4.69) is 5.32 Å². The third-order valence-corrected chi connectivity index (χ3v) is 2.45. The SMILES string of the molecule is CC(N)CCC(=O)NCCOCC1CC1. The predicted octanol–water partition coefficient (Wildman–Crippen LogP) is 0.657. The van der Waals surface area contributed by atoms with Gasteiger partial charge in [0.2, 0.25) is 5.91 Å². The van der Waals surface area contributed by atoms with Crippen LogP contribution in [0, 0.1) is 5.92 Å². The van der Waals surface area contributed by atoms with E-state index in [1.54, 1.807) is 0 Å². The summed E-state index contributed by atoms with van der Waals surface area (Å²) in [7, 11) is 0. The normalized spacial score (nSPS) is 17.5. The number of hydrogen-bond donors (Lipinski definition) is 2. The van der Waals surface area contributed by atoms with Crippen molar-refractivity contribution in [3.63, 3.8) is 0 Å². The number of ether oxygens (including phenoxy) is 1. The Kier molecular flexibility index (Phi) is 5.65. The number of amides is 1. The Morgan fingerprint density at radius 3 is 2.93 bits per heavy atom. The van der Waals surface area contributed by atoms with Crippen LogP contribution >= 0.6 is 0 Å². The summed E-state index contributed by atoms with van der Waals surface area (Å²) in [6, 6.07) is 0.0990. The third kappa shape index (κ3) is 7.33. The Morgan fingerprint density at radius 1 is 1.60 bits per heavy atom. The van der Waals surface area contributed by atoms with Crippen molar-refractivity contribution < 1.29 is 9.53 Å². The highest BCUT2D eigenvalue weighted by atomic mass is 16.5. The molecule has 0 saturated heterocycles. The van der Waals surface area contributed by atoms with Crippen LogP contribution in [0.3, 0.4) is 0 Å². The van der Waals surface area contributed by atoms with E-state index in [0.29, 0.717) is 19.6 Å². The van der Waals surface area contributed by atoms with E-state index in [9.17, 15) is 4.79 Å². The lowest BCUT2D eigenvalue weighted by molar-refractivity contribution is -0.121. The molecule has 1 rings (SSSR count). The molecule has 15 heavy (non-hydrogen) atoms. The van der Waals surface area contributed by atoms with Gasteiger partial charge in [-0.1, -0.05) is 0 Å². The summed E-state index contributed by atoms with van der Waals surface area (Å²) in [4.78, 5) is 11.2. The highest BCUT2D eigenvalue weighted by molar-refractivity contribution is 5.75. The zero-order chi connectivity index (χ0) is 11.1. The highest BCUT2D eigenvalue weighted by Gasteiger charge is 2.20. The Labute approximate surface area is 91.5 Å². The van der Waals surface area contributed by atoms with Gasteiger partial charge in [-0.05, 0) is 32.1 Å². The molecule has 1 aliphatic rings. The molecular weight excluding hydrogens is 192 g/mol. The zero-order valence-electron chi connectivity index (χ0n) is 9.50. The number of rotatable bonds is 8. The molecule has 4 heteroatoms. The first kappa shape index (κ1) is 12.5. The van der Waals surface area contributed by atoms with E-state index >= 15 is 0 Å². The molecule has 0 bridgehead atoms. The average Bonchev–Trinajstić information content (AvgIpc) is 2.98. The Morgan fingerprint density at radius 2 is 2.33 bits per heavy atom. The Bertz CT molecular complexity index is 191. The summed E-state index contributed by atoms with van der Waals surface area (Å²) in [6.45, 7) is 4.01. The summed E-state index contributed by atoms with van der Waals surface area (Å²) in [5, 5.41) is 2.81. The molecule has 1 atom stereocenters. The third-order valence-electron chi connectivity index (χ3n) is 2.45. The van der Waals surface area contributed by atoms with Gasteiger partial charge < -0.3 is 15.8 Å². The van der Waals surface area contributed by atoms with Gasteiger partial charge in [-0.3, -0.25) is 4.79 Å². The maximum absolute atomic E-state index is 11.2. The number of nitrogens with one attached hydrogen (secondary N) is 1. The number of hydrogen-bond acceptors (Lipinski definition) is 3. The average molecular weight is 214 g/mol. The van der Waals surface area contributed by atoms with Crippen molar-refractivity contribution >= 4 is 5.91 Å². The minimum Gasteiger partial charge on any atom is -0.379 e. The van der Waals surface area contributed by atoms with Crippen LogP contribution in [0.2, 0.25) is 0 Å². The molecule has 4 nitrogen and oxygen atoms in total. The lowest BCUT2D eigenvalue weighted by Gasteiger charge is -2.07. The molecule has 0 aromatic carbocycles. The van der Waals surface area contributed by atoms with Gasteiger partial charge in [0.25, 0.3) is 0 Å². The fourth-order valence-corrected chi connectivity index (χ4v) is 1.24. The van der Waals surface area contributed by atoms with Gasteiger partial charge in [0.1, 0.15) is 0 Å². The van der Waals surface area contributed by atoms with Crippen molar-refractivity contribution in [1.29, 1.82) is 0 Å². The van der Waals surface area contributed by atoms with E-state index in [0.717, 1.165) is 18.9 Å². The van der Waals surface area contributed by atoms with E-state index in [4.69, 9.17) is 10.5 Å². The lowest BCUT2D eigenvalue weighted by Crippen LogP contribution is -2.28. The second-order valence-electron chi connectivity index (χ2n) is 4.38. The van der Waals surface area contributed by atoms with Crippen molar-refractivity contribution in [2.75, 3.05) is 19.8 Å². The topological polar surface area (TPSA) is 64.4 Å². The minimum atomic E-state index is 0.0716. The number of carbonyl (C=O) groups is 1. The van der Waals surface area contributed by atoms with Gasteiger partial charge in [-0.25, -0.2) is 0 Å². The molecule has 88 valence electrons. The molecule has 1 unspecified atom stereocenters. The Balaban J connectivity index is 1.82. The van der Waals surface area contributed by atoms with Crippen molar-refractivity contribution in [3.05, 3.63) is 0 Å². The second-order valence-corrected chi connectivity index (χ2v) is 4.38. The molecule has 0 heterocycles. The monoisotopic (exact) mass is 214 g/mol. The van der Waals surface area contributed by atoms with Crippen molar-refractivity contribution in [1.82, 2.24) is 5.32 Å². The lowest BCUT2D eigenvalue weighted by atomic mass is 10.2. The van der Waals surface area contributed by atoms with E-state index < -0.39 is 0 Å². The van der Waals surface area contributed by atoms with Gasteiger partial charge in [-0.15, -0.1) is 0 Å². The number of carbonyl (C=O) groups excluding carboxylic acids is 1. The largest absolute Gasteiger partial charge is 0.379 e. The van der Waals surface area contributed by atoms with Crippen LogP contribution in [-0.2, 0) is 9.53 Å². The molecule has 1 fully saturated rings. The summed E-state index contributed by atoms with van der Waals surface area (Å²) in [5.74, 6) is 0.862. The summed E-state index contributed by atoms with van der Waals surface area (Å²) in [6.07, 6.45) is 3.87. The fourth-order valence-electron chi connectivity index (χ4n) is 1.24. The van der Waals surface area contributed by atoms with Gasteiger partial charge in [0.05, 0.1) is 6.61 Å². The molecule has 1 amide bonds. The standard InChI is InChI=1S/C11H22N2O2/c1-9(12)2-5-11(14)13-6-7-15-8-10-3-4-10/h9-10H,2-8,12H2,1H3,(H,13,14). The van der Waals surface area contributed by atoms with Crippen LogP contribution in [0.5, 0.6) is 0 Å². The van der Waals surface area contributed by atoms with Crippen LogP contribution in [0.15, 0.2) is 0 Å². The quantitative estimate of drug-likeness (QED) is 0.583. The van der Waals surface area contributed by atoms with Gasteiger partial charge in [-0.2, -0.15) is 0 Å². The first-order valence-electron chi connectivity index (χ1n) is 5.78.